The molecule has 0 spiro atoms. The molecule has 4 rings (SSSR count). The molecule has 2 aromatic rings. The summed E-state index contributed by atoms with van der Waals surface area (Å²) < 4.78 is 5.58. The third-order valence-electron chi connectivity index (χ3n) is 5.22. The van der Waals surface area contributed by atoms with Gasteiger partial charge in [0.1, 0.15) is 12.1 Å². The van der Waals surface area contributed by atoms with Crippen molar-refractivity contribution in [3.05, 3.63) is 41.2 Å². The average Bonchev–Trinajstić information content (AvgIpc) is 3.43. The fourth-order valence-electron chi connectivity index (χ4n) is 3.77. The number of hydrazine groups is 1. The molecule has 28 heavy (non-hydrogen) atoms. The molecular weight excluding hydrogens is 356 g/mol. The van der Waals surface area contributed by atoms with Gasteiger partial charge in [0.25, 0.3) is 0 Å². The van der Waals surface area contributed by atoms with Gasteiger partial charge in [-0.3, -0.25) is 15.2 Å². The number of nitrogens with zero attached hydrogens (tertiary/aromatic N) is 2. The van der Waals surface area contributed by atoms with E-state index in [-0.39, 0.29) is 24.1 Å². The number of carbonyl (C=O) groups is 1. The summed E-state index contributed by atoms with van der Waals surface area (Å²) >= 11 is 0. The van der Waals surface area contributed by atoms with Crippen molar-refractivity contribution in [3.8, 4) is 0 Å². The highest BCUT2D eigenvalue weighted by molar-refractivity contribution is 5.93. The van der Waals surface area contributed by atoms with Crippen molar-refractivity contribution in [3.63, 3.8) is 0 Å². The molecule has 2 aliphatic heterocycles. The number of anilines is 1. The van der Waals surface area contributed by atoms with E-state index in [2.05, 4.69) is 69.5 Å². The Morgan fingerprint density at radius 3 is 2.82 bits per heavy atom. The molecule has 8 nitrogen and oxygen atoms in total. The third-order valence-corrected chi connectivity index (χ3v) is 5.22. The number of hydrogen-bond donors (Lipinski definition) is 4. The zero-order valence-corrected chi connectivity index (χ0v) is 16.4. The number of ether oxygens (including phenoxy) is 1. The van der Waals surface area contributed by atoms with Crippen LogP contribution in [-0.2, 0) is 16.0 Å². The number of hydrogen-bond acceptors (Lipinski definition) is 6. The molecule has 2 aliphatic rings. The maximum absolute atomic E-state index is 12.6. The maximum atomic E-state index is 12.6. The smallest absolute Gasteiger partial charge is 0.248 e. The number of aromatic nitrogens is 3. The average molecular weight is 384 g/mol. The Morgan fingerprint density at radius 2 is 2.11 bits per heavy atom. The zero-order valence-electron chi connectivity index (χ0n) is 16.4. The molecule has 8 heteroatoms. The first-order valence-electron chi connectivity index (χ1n) is 10.0. The molecular formula is C20H28N6O2. The topological polar surface area (TPSA) is 104 Å². The first kappa shape index (κ1) is 19.0. The van der Waals surface area contributed by atoms with Gasteiger partial charge in [0.2, 0.25) is 11.9 Å². The van der Waals surface area contributed by atoms with E-state index in [9.17, 15) is 4.79 Å². The number of amides is 1. The first-order chi connectivity index (χ1) is 13.6. The second-order valence-corrected chi connectivity index (χ2v) is 8.00. The molecule has 3 heterocycles. The summed E-state index contributed by atoms with van der Waals surface area (Å²) in [5.41, 5.74) is 8.82. The minimum absolute atomic E-state index is 0.0486. The van der Waals surface area contributed by atoms with Gasteiger partial charge < -0.3 is 4.74 Å². The number of benzene rings is 1. The molecule has 3 unspecified atom stereocenters. The number of carbonyl (C=O) groups excluding carboxylic acids is 1. The Kier molecular flexibility index (Phi) is 5.70. The van der Waals surface area contributed by atoms with Gasteiger partial charge >= 0.3 is 0 Å². The highest BCUT2D eigenvalue weighted by Gasteiger charge is 2.31. The van der Waals surface area contributed by atoms with Gasteiger partial charge in [-0.2, -0.15) is 4.98 Å². The van der Waals surface area contributed by atoms with Crippen LogP contribution >= 0.6 is 0 Å². The largest absolute Gasteiger partial charge is 0.370 e. The summed E-state index contributed by atoms with van der Waals surface area (Å²) in [5.74, 6) is 1.45. The maximum Gasteiger partial charge on any atom is 0.248 e. The first-order valence-corrected chi connectivity index (χ1v) is 10.0. The van der Waals surface area contributed by atoms with E-state index in [4.69, 9.17) is 4.74 Å². The van der Waals surface area contributed by atoms with Gasteiger partial charge in [-0.15, -0.1) is 5.10 Å². The predicted molar refractivity (Wildman–Crippen MR) is 105 cm³/mol. The van der Waals surface area contributed by atoms with Crippen molar-refractivity contribution < 1.29 is 9.53 Å². The lowest BCUT2D eigenvalue weighted by Crippen LogP contribution is -2.39. The van der Waals surface area contributed by atoms with Crippen molar-refractivity contribution in [1.82, 2.24) is 26.0 Å². The molecule has 1 aromatic carbocycles. The summed E-state index contributed by atoms with van der Waals surface area (Å²) in [7, 11) is 0. The van der Waals surface area contributed by atoms with Crippen LogP contribution in [0.15, 0.2) is 24.3 Å². The highest BCUT2D eigenvalue weighted by Crippen LogP contribution is 2.26. The lowest BCUT2D eigenvalue weighted by Gasteiger charge is -2.11. The normalized spacial score (nSPS) is 24.8. The molecule has 3 atom stereocenters. The zero-order chi connectivity index (χ0) is 19.5. The Labute approximate surface area is 164 Å². The molecule has 150 valence electrons. The molecule has 4 N–H and O–H groups in total. The van der Waals surface area contributed by atoms with E-state index in [1.165, 1.54) is 11.1 Å². The van der Waals surface area contributed by atoms with Crippen LogP contribution < -0.4 is 16.2 Å². The summed E-state index contributed by atoms with van der Waals surface area (Å²) in [6.07, 6.45) is 3.64. The molecule has 0 saturated carbocycles. The van der Waals surface area contributed by atoms with Crippen molar-refractivity contribution in [2.45, 2.75) is 57.7 Å². The minimum Gasteiger partial charge on any atom is -0.370 e. The Bertz CT molecular complexity index is 797. The van der Waals surface area contributed by atoms with Crippen LogP contribution in [0.1, 0.15) is 62.2 Å². The molecule has 0 bridgehead atoms. The standard InChI is InChI=1S/C20H28N6O2/c1-12(2)10-13-5-7-14(8-6-13)15-11-16(24-23-15)19(27)22-20-21-18(25-26-20)17-4-3-9-28-17/h5-8,12,15-17,23-24H,3-4,9-11H2,1-2H3,(H2,21,22,25,26,27). The molecule has 2 saturated heterocycles. The van der Waals surface area contributed by atoms with Crippen LogP contribution in [-0.4, -0.2) is 33.7 Å². The number of rotatable bonds is 6. The van der Waals surface area contributed by atoms with Crippen molar-refractivity contribution in [1.29, 1.82) is 0 Å². The number of H-pyrrole nitrogens is 1. The van der Waals surface area contributed by atoms with Crippen LogP contribution in [0.2, 0.25) is 0 Å². The van der Waals surface area contributed by atoms with Crippen molar-refractivity contribution in [2.75, 3.05) is 11.9 Å². The van der Waals surface area contributed by atoms with Gasteiger partial charge in [0.15, 0.2) is 5.82 Å². The lowest BCUT2D eigenvalue weighted by molar-refractivity contribution is -0.117. The highest BCUT2D eigenvalue weighted by atomic mass is 16.5. The van der Waals surface area contributed by atoms with Crippen molar-refractivity contribution >= 4 is 11.9 Å². The molecule has 1 amide bonds. The van der Waals surface area contributed by atoms with E-state index in [1.807, 2.05) is 0 Å². The van der Waals surface area contributed by atoms with Gasteiger partial charge in [-0.25, -0.2) is 10.9 Å². The Balaban J connectivity index is 1.31. The monoisotopic (exact) mass is 384 g/mol. The molecule has 0 radical (unpaired) electrons. The third kappa shape index (κ3) is 4.40. The number of aromatic amines is 1. The molecule has 2 fully saturated rings. The summed E-state index contributed by atoms with van der Waals surface area (Å²) in [6.45, 7) is 5.18. The van der Waals surface area contributed by atoms with Gasteiger partial charge in [0, 0.05) is 12.6 Å². The second kappa shape index (κ2) is 8.38. The van der Waals surface area contributed by atoms with Crippen LogP contribution in [0.3, 0.4) is 0 Å². The molecule has 1 aromatic heterocycles. The van der Waals surface area contributed by atoms with E-state index in [0.29, 0.717) is 24.1 Å². The van der Waals surface area contributed by atoms with Gasteiger partial charge in [0.05, 0.1) is 0 Å². The fraction of sp³-hybridized carbons (Fsp3) is 0.550. The summed E-state index contributed by atoms with van der Waals surface area (Å²) in [5, 5.41) is 9.73. The Morgan fingerprint density at radius 1 is 1.29 bits per heavy atom. The lowest BCUT2D eigenvalue weighted by atomic mass is 9.97. The number of nitrogens with one attached hydrogen (secondary N) is 4. The van der Waals surface area contributed by atoms with E-state index < -0.39 is 0 Å². The minimum atomic E-state index is -0.343. The summed E-state index contributed by atoms with van der Waals surface area (Å²) in [6, 6.07) is 8.37. The Hall–Kier alpha value is -2.29. The van der Waals surface area contributed by atoms with Crippen LogP contribution in [0.25, 0.3) is 0 Å². The SMILES string of the molecule is CC(C)Cc1ccc(C2CC(C(=O)Nc3n[nH]c(C4CCCO4)n3)NN2)cc1. The second-order valence-electron chi connectivity index (χ2n) is 8.00. The van der Waals surface area contributed by atoms with Crippen LogP contribution in [0.4, 0.5) is 5.95 Å². The predicted octanol–water partition coefficient (Wildman–Crippen LogP) is 2.40. The van der Waals surface area contributed by atoms with Crippen molar-refractivity contribution in [2.24, 2.45) is 5.92 Å². The van der Waals surface area contributed by atoms with E-state index in [0.717, 1.165) is 25.9 Å². The van der Waals surface area contributed by atoms with Crippen LogP contribution in [0.5, 0.6) is 0 Å². The van der Waals surface area contributed by atoms with Crippen LogP contribution in [0, 0.1) is 5.92 Å². The molecule has 0 aliphatic carbocycles. The van der Waals surface area contributed by atoms with Gasteiger partial charge in [-0.1, -0.05) is 38.1 Å². The quantitative estimate of drug-likeness (QED) is 0.610. The van der Waals surface area contributed by atoms with Gasteiger partial charge in [-0.05, 0) is 42.7 Å². The summed E-state index contributed by atoms with van der Waals surface area (Å²) in [4.78, 5) is 16.9. The van der Waals surface area contributed by atoms with E-state index in [1.54, 1.807) is 0 Å². The fourth-order valence-corrected chi connectivity index (χ4v) is 3.77. The van der Waals surface area contributed by atoms with E-state index >= 15 is 0 Å².